The first kappa shape index (κ1) is 14.8. The number of hydrogen-bond donors (Lipinski definition) is 1. The standard InChI is InChI=1S/C13H13BrFNO4/c14-9-1-2-11(10(15)5-9)20-7-12(17)16-4-3-8(6-16)13(18)19/h1-2,5,8H,3-4,6-7H2,(H,18,19)/t8-/m0/s1. The second-order valence-electron chi connectivity index (χ2n) is 4.53. The Morgan fingerprint density at radius 2 is 2.25 bits per heavy atom. The molecule has 1 aromatic carbocycles. The van der Waals surface area contributed by atoms with E-state index in [1.165, 1.54) is 17.0 Å². The van der Waals surface area contributed by atoms with Gasteiger partial charge in [-0.05, 0) is 24.6 Å². The van der Waals surface area contributed by atoms with Crippen LogP contribution in [0.1, 0.15) is 6.42 Å². The molecule has 0 radical (unpaired) electrons. The number of carbonyl (C=O) groups excluding carboxylic acids is 1. The molecule has 5 nitrogen and oxygen atoms in total. The summed E-state index contributed by atoms with van der Waals surface area (Å²) in [6.07, 6.45) is 0.438. The monoisotopic (exact) mass is 345 g/mol. The molecule has 1 saturated heterocycles. The highest BCUT2D eigenvalue weighted by Crippen LogP contribution is 2.22. The normalized spacial score (nSPS) is 18.1. The van der Waals surface area contributed by atoms with Crippen molar-refractivity contribution in [1.82, 2.24) is 4.90 Å². The van der Waals surface area contributed by atoms with Gasteiger partial charge in [0.15, 0.2) is 18.2 Å². The summed E-state index contributed by atoms with van der Waals surface area (Å²) < 4.78 is 19.2. The zero-order valence-electron chi connectivity index (χ0n) is 10.5. The number of rotatable bonds is 4. The highest BCUT2D eigenvalue weighted by atomic mass is 79.9. The molecule has 0 saturated carbocycles. The van der Waals surface area contributed by atoms with Gasteiger partial charge in [-0.3, -0.25) is 9.59 Å². The molecule has 1 aromatic rings. The van der Waals surface area contributed by atoms with Gasteiger partial charge in [0, 0.05) is 17.6 Å². The van der Waals surface area contributed by atoms with Crippen molar-refractivity contribution in [3.8, 4) is 5.75 Å². The summed E-state index contributed by atoms with van der Waals surface area (Å²) in [7, 11) is 0. The van der Waals surface area contributed by atoms with Crippen LogP contribution in [0.15, 0.2) is 22.7 Å². The summed E-state index contributed by atoms with van der Waals surface area (Å²) in [6, 6.07) is 4.28. The molecule has 1 fully saturated rings. The molecule has 0 aromatic heterocycles. The van der Waals surface area contributed by atoms with Gasteiger partial charge in [0.2, 0.25) is 0 Å². The maximum absolute atomic E-state index is 13.5. The van der Waals surface area contributed by atoms with Crippen molar-refractivity contribution in [3.63, 3.8) is 0 Å². The molecular formula is C13H13BrFNO4. The van der Waals surface area contributed by atoms with Gasteiger partial charge in [-0.2, -0.15) is 0 Å². The molecule has 108 valence electrons. The van der Waals surface area contributed by atoms with E-state index in [2.05, 4.69) is 15.9 Å². The number of carboxylic acids is 1. The largest absolute Gasteiger partial charge is 0.481 e. The van der Waals surface area contributed by atoms with Crippen LogP contribution < -0.4 is 4.74 Å². The lowest BCUT2D eigenvalue weighted by Crippen LogP contribution is -2.33. The van der Waals surface area contributed by atoms with Crippen LogP contribution in [0.5, 0.6) is 5.75 Å². The molecule has 1 amide bonds. The first-order valence-corrected chi connectivity index (χ1v) is 6.85. The van der Waals surface area contributed by atoms with Crippen molar-refractivity contribution >= 4 is 27.8 Å². The second-order valence-corrected chi connectivity index (χ2v) is 5.44. The molecule has 0 bridgehead atoms. The quantitative estimate of drug-likeness (QED) is 0.904. The van der Waals surface area contributed by atoms with Crippen LogP contribution in [0.2, 0.25) is 0 Å². The van der Waals surface area contributed by atoms with E-state index in [0.29, 0.717) is 17.4 Å². The fraction of sp³-hybridized carbons (Fsp3) is 0.385. The van der Waals surface area contributed by atoms with Crippen LogP contribution in [0, 0.1) is 11.7 Å². The Morgan fingerprint density at radius 1 is 1.50 bits per heavy atom. The number of benzene rings is 1. The Bertz CT molecular complexity index is 537. The minimum absolute atomic E-state index is 0.00414. The third-order valence-corrected chi connectivity index (χ3v) is 3.63. The number of nitrogens with zero attached hydrogens (tertiary/aromatic N) is 1. The average molecular weight is 346 g/mol. The molecule has 0 aliphatic carbocycles. The molecule has 20 heavy (non-hydrogen) atoms. The van der Waals surface area contributed by atoms with Crippen molar-refractivity contribution in [1.29, 1.82) is 0 Å². The Hall–Kier alpha value is -1.63. The number of amides is 1. The van der Waals surface area contributed by atoms with Crippen LogP contribution in [0.4, 0.5) is 4.39 Å². The molecule has 1 atom stereocenters. The minimum Gasteiger partial charge on any atom is -0.481 e. The second kappa shape index (κ2) is 6.21. The van der Waals surface area contributed by atoms with E-state index in [0.717, 1.165) is 0 Å². The van der Waals surface area contributed by atoms with E-state index in [1.807, 2.05) is 0 Å². The van der Waals surface area contributed by atoms with E-state index in [1.54, 1.807) is 6.07 Å². The number of carboxylic acid groups (broad SMARTS) is 1. The molecule has 0 spiro atoms. The summed E-state index contributed by atoms with van der Waals surface area (Å²) in [5.41, 5.74) is 0. The lowest BCUT2D eigenvalue weighted by Gasteiger charge is -2.16. The molecule has 2 rings (SSSR count). The Kier molecular flexibility index (Phi) is 4.59. The van der Waals surface area contributed by atoms with E-state index < -0.39 is 17.7 Å². The number of halogens is 2. The molecule has 1 aliphatic heterocycles. The zero-order valence-corrected chi connectivity index (χ0v) is 12.1. The lowest BCUT2D eigenvalue weighted by molar-refractivity contribution is -0.141. The van der Waals surface area contributed by atoms with Gasteiger partial charge < -0.3 is 14.7 Å². The van der Waals surface area contributed by atoms with Gasteiger partial charge in [0.1, 0.15) is 0 Å². The van der Waals surface area contributed by atoms with Crippen LogP contribution in [0.25, 0.3) is 0 Å². The minimum atomic E-state index is -0.903. The van der Waals surface area contributed by atoms with E-state index in [4.69, 9.17) is 9.84 Å². The Labute approximate surface area is 123 Å². The molecule has 0 unspecified atom stereocenters. The molecule has 7 heteroatoms. The predicted octanol–water partition coefficient (Wildman–Crippen LogP) is 1.90. The summed E-state index contributed by atoms with van der Waals surface area (Å²) >= 11 is 3.12. The zero-order chi connectivity index (χ0) is 14.7. The van der Waals surface area contributed by atoms with Crippen molar-refractivity contribution in [2.75, 3.05) is 19.7 Å². The number of hydrogen-bond acceptors (Lipinski definition) is 3. The van der Waals surface area contributed by atoms with Crippen LogP contribution in [0.3, 0.4) is 0 Å². The Morgan fingerprint density at radius 3 is 2.85 bits per heavy atom. The van der Waals surface area contributed by atoms with Gasteiger partial charge >= 0.3 is 5.97 Å². The number of likely N-dealkylation sites (tertiary alicyclic amines) is 1. The SMILES string of the molecule is O=C(O)[C@H]1CCN(C(=O)COc2ccc(Br)cc2F)C1. The van der Waals surface area contributed by atoms with Crippen LogP contribution in [-0.2, 0) is 9.59 Å². The van der Waals surface area contributed by atoms with Gasteiger partial charge in [-0.1, -0.05) is 15.9 Å². The number of ether oxygens (including phenoxy) is 1. The maximum atomic E-state index is 13.5. The summed E-state index contributed by atoms with van der Waals surface area (Å²) in [4.78, 5) is 24.1. The van der Waals surface area contributed by atoms with Gasteiger partial charge in [-0.15, -0.1) is 0 Å². The first-order chi connectivity index (χ1) is 9.47. The van der Waals surface area contributed by atoms with Crippen LogP contribution >= 0.6 is 15.9 Å². The highest BCUT2D eigenvalue weighted by Gasteiger charge is 2.30. The van der Waals surface area contributed by atoms with Gasteiger partial charge in [0.25, 0.3) is 5.91 Å². The van der Waals surface area contributed by atoms with Crippen molar-refractivity contribution in [3.05, 3.63) is 28.5 Å². The third-order valence-electron chi connectivity index (χ3n) is 3.14. The van der Waals surface area contributed by atoms with E-state index in [-0.39, 0.29) is 24.8 Å². The maximum Gasteiger partial charge on any atom is 0.308 e. The molecule has 1 aliphatic rings. The smallest absolute Gasteiger partial charge is 0.308 e. The van der Waals surface area contributed by atoms with Crippen LogP contribution in [-0.4, -0.2) is 41.6 Å². The predicted molar refractivity (Wildman–Crippen MR) is 71.9 cm³/mol. The summed E-state index contributed by atoms with van der Waals surface area (Å²) in [5.74, 6) is -2.33. The topological polar surface area (TPSA) is 66.8 Å². The van der Waals surface area contributed by atoms with Crippen molar-refractivity contribution in [2.45, 2.75) is 6.42 Å². The summed E-state index contributed by atoms with van der Waals surface area (Å²) in [5, 5.41) is 8.86. The summed E-state index contributed by atoms with van der Waals surface area (Å²) in [6.45, 7) is 0.271. The van der Waals surface area contributed by atoms with Gasteiger partial charge in [-0.25, -0.2) is 4.39 Å². The molecular weight excluding hydrogens is 333 g/mol. The van der Waals surface area contributed by atoms with Gasteiger partial charge in [0.05, 0.1) is 5.92 Å². The van der Waals surface area contributed by atoms with Crippen molar-refractivity contribution < 1.29 is 23.8 Å². The third kappa shape index (κ3) is 3.47. The first-order valence-electron chi connectivity index (χ1n) is 6.06. The molecule has 1 N–H and O–H groups in total. The Balaban J connectivity index is 1.88. The molecule has 1 heterocycles. The fourth-order valence-electron chi connectivity index (χ4n) is 2.01. The fourth-order valence-corrected chi connectivity index (χ4v) is 2.34. The number of carbonyl (C=O) groups is 2. The lowest BCUT2D eigenvalue weighted by atomic mass is 10.1. The van der Waals surface area contributed by atoms with Crippen molar-refractivity contribution in [2.24, 2.45) is 5.92 Å². The van der Waals surface area contributed by atoms with E-state index >= 15 is 0 Å². The number of aliphatic carboxylic acids is 1. The average Bonchev–Trinajstić information content (AvgIpc) is 2.87. The highest BCUT2D eigenvalue weighted by molar-refractivity contribution is 9.10. The van der Waals surface area contributed by atoms with E-state index in [9.17, 15) is 14.0 Å².